The maximum Gasteiger partial charge on any atom is 0.0847 e. The van der Waals surface area contributed by atoms with E-state index in [9.17, 15) is 0 Å². The second kappa shape index (κ2) is 5.66. The van der Waals surface area contributed by atoms with Crippen LogP contribution in [-0.2, 0) is 17.6 Å². The lowest BCUT2D eigenvalue weighted by atomic mass is 9.85. The quantitative estimate of drug-likeness (QED) is 0.702. The van der Waals surface area contributed by atoms with Gasteiger partial charge in [-0.15, -0.1) is 0 Å². The average molecular weight is 258 g/mol. The predicted octanol–water partition coefficient (Wildman–Crippen LogP) is 4.63. The highest BCUT2D eigenvalue weighted by molar-refractivity contribution is 5.35. The molecule has 1 saturated heterocycles. The molecule has 0 N–H and O–H groups in total. The molecule has 104 valence electrons. The van der Waals surface area contributed by atoms with E-state index in [2.05, 4.69) is 32.0 Å². The Kier molecular flexibility index (Phi) is 3.93. The summed E-state index contributed by atoms with van der Waals surface area (Å²) in [6, 6.07) is 7.26. The number of hydrogen-bond acceptors (Lipinski definition) is 1. The standard InChI is InChI=1S/C18H26O/c1-3-13(12-18-17(4-2)19-18)16-10-9-14-7-5-6-8-15(14)11-16/h9-11,13,17-18H,3-8,12H2,1-2H3. The highest BCUT2D eigenvalue weighted by Gasteiger charge is 2.38. The molecule has 0 amide bonds. The van der Waals surface area contributed by atoms with Gasteiger partial charge in [0.05, 0.1) is 12.2 Å². The molecule has 3 rings (SSSR count). The van der Waals surface area contributed by atoms with Crippen molar-refractivity contribution in [3.63, 3.8) is 0 Å². The SMILES string of the molecule is CCC(CC1OC1CC)c1ccc2c(c1)CCCC2. The first-order chi connectivity index (χ1) is 9.31. The predicted molar refractivity (Wildman–Crippen MR) is 79.7 cm³/mol. The number of ether oxygens (including phenoxy) is 1. The van der Waals surface area contributed by atoms with Crippen LogP contribution in [0.5, 0.6) is 0 Å². The van der Waals surface area contributed by atoms with Crippen molar-refractivity contribution < 1.29 is 4.74 Å². The Morgan fingerprint density at radius 2 is 1.89 bits per heavy atom. The molecule has 1 fully saturated rings. The van der Waals surface area contributed by atoms with Gasteiger partial charge in [0.15, 0.2) is 0 Å². The Hall–Kier alpha value is -0.820. The van der Waals surface area contributed by atoms with E-state index in [4.69, 9.17) is 4.74 Å². The molecule has 1 aliphatic carbocycles. The molecule has 1 aromatic carbocycles. The topological polar surface area (TPSA) is 12.5 Å². The molecule has 3 atom stereocenters. The van der Waals surface area contributed by atoms with E-state index < -0.39 is 0 Å². The molecule has 19 heavy (non-hydrogen) atoms. The van der Waals surface area contributed by atoms with Crippen LogP contribution in [0.2, 0.25) is 0 Å². The van der Waals surface area contributed by atoms with Crippen molar-refractivity contribution >= 4 is 0 Å². The third-order valence-corrected chi connectivity index (χ3v) is 4.94. The molecule has 1 heterocycles. The van der Waals surface area contributed by atoms with Crippen LogP contribution in [0.3, 0.4) is 0 Å². The Morgan fingerprint density at radius 3 is 2.58 bits per heavy atom. The van der Waals surface area contributed by atoms with Crippen molar-refractivity contribution in [2.45, 2.75) is 76.9 Å². The largest absolute Gasteiger partial charge is 0.370 e. The first kappa shape index (κ1) is 13.2. The Bertz CT molecular complexity index is 437. The number of benzene rings is 1. The van der Waals surface area contributed by atoms with Gasteiger partial charge in [-0.05, 0) is 67.6 Å². The van der Waals surface area contributed by atoms with E-state index in [-0.39, 0.29) is 0 Å². The summed E-state index contributed by atoms with van der Waals surface area (Å²) in [6.07, 6.45) is 10.0. The smallest absolute Gasteiger partial charge is 0.0847 e. The number of aryl methyl sites for hydroxylation is 2. The van der Waals surface area contributed by atoms with Crippen molar-refractivity contribution in [3.05, 3.63) is 34.9 Å². The fraction of sp³-hybridized carbons (Fsp3) is 0.667. The van der Waals surface area contributed by atoms with E-state index in [1.54, 1.807) is 16.7 Å². The summed E-state index contributed by atoms with van der Waals surface area (Å²) in [5, 5.41) is 0. The summed E-state index contributed by atoms with van der Waals surface area (Å²) in [5.74, 6) is 0.689. The molecule has 1 aliphatic heterocycles. The van der Waals surface area contributed by atoms with Crippen LogP contribution in [0.15, 0.2) is 18.2 Å². The monoisotopic (exact) mass is 258 g/mol. The first-order valence-corrected chi connectivity index (χ1v) is 8.09. The average Bonchev–Trinajstić information content (AvgIpc) is 3.22. The van der Waals surface area contributed by atoms with Gasteiger partial charge < -0.3 is 4.74 Å². The summed E-state index contributed by atoms with van der Waals surface area (Å²) < 4.78 is 5.73. The van der Waals surface area contributed by atoms with Crippen molar-refractivity contribution in [2.24, 2.45) is 0 Å². The van der Waals surface area contributed by atoms with Gasteiger partial charge in [-0.1, -0.05) is 32.0 Å². The van der Waals surface area contributed by atoms with E-state index in [0.29, 0.717) is 18.1 Å². The fourth-order valence-electron chi connectivity index (χ4n) is 3.57. The Balaban J connectivity index is 1.72. The molecule has 0 saturated carbocycles. The van der Waals surface area contributed by atoms with Gasteiger partial charge in [-0.2, -0.15) is 0 Å². The summed E-state index contributed by atoms with van der Waals surface area (Å²) in [6.45, 7) is 4.54. The van der Waals surface area contributed by atoms with Crippen LogP contribution in [0.25, 0.3) is 0 Å². The second-order valence-electron chi connectivity index (χ2n) is 6.20. The highest BCUT2D eigenvalue weighted by atomic mass is 16.6. The summed E-state index contributed by atoms with van der Waals surface area (Å²) >= 11 is 0. The van der Waals surface area contributed by atoms with Gasteiger partial charge in [0.2, 0.25) is 0 Å². The molecule has 1 nitrogen and oxygen atoms in total. The molecule has 0 spiro atoms. The van der Waals surface area contributed by atoms with E-state index in [1.165, 1.54) is 44.9 Å². The van der Waals surface area contributed by atoms with Crippen molar-refractivity contribution in [1.29, 1.82) is 0 Å². The summed E-state index contributed by atoms with van der Waals surface area (Å²) in [5.41, 5.74) is 4.76. The van der Waals surface area contributed by atoms with Gasteiger partial charge >= 0.3 is 0 Å². The first-order valence-electron chi connectivity index (χ1n) is 8.09. The molecular formula is C18H26O. The minimum atomic E-state index is 0.533. The molecule has 0 radical (unpaired) electrons. The minimum Gasteiger partial charge on any atom is -0.370 e. The highest BCUT2D eigenvalue weighted by Crippen LogP contribution is 2.37. The van der Waals surface area contributed by atoms with Crippen LogP contribution >= 0.6 is 0 Å². The van der Waals surface area contributed by atoms with Crippen molar-refractivity contribution in [2.75, 3.05) is 0 Å². The summed E-state index contributed by atoms with van der Waals surface area (Å²) in [7, 11) is 0. The van der Waals surface area contributed by atoms with E-state index in [0.717, 1.165) is 0 Å². The van der Waals surface area contributed by atoms with Crippen molar-refractivity contribution in [1.82, 2.24) is 0 Å². The molecule has 2 aliphatic rings. The minimum absolute atomic E-state index is 0.533. The Labute approximate surface area is 117 Å². The maximum absolute atomic E-state index is 5.73. The molecule has 1 aromatic rings. The lowest BCUT2D eigenvalue weighted by molar-refractivity contribution is 0.349. The zero-order valence-corrected chi connectivity index (χ0v) is 12.3. The number of hydrogen-bond donors (Lipinski definition) is 0. The van der Waals surface area contributed by atoms with Crippen LogP contribution in [-0.4, -0.2) is 12.2 Å². The number of epoxide rings is 1. The van der Waals surface area contributed by atoms with Crippen molar-refractivity contribution in [3.8, 4) is 0 Å². The van der Waals surface area contributed by atoms with Crippen LogP contribution < -0.4 is 0 Å². The molecular weight excluding hydrogens is 232 g/mol. The third kappa shape index (κ3) is 2.86. The molecule has 0 bridgehead atoms. The fourth-order valence-corrected chi connectivity index (χ4v) is 3.57. The summed E-state index contributed by atoms with van der Waals surface area (Å²) in [4.78, 5) is 0. The second-order valence-corrected chi connectivity index (χ2v) is 6.20. The zero-order chi connectivity index (χ0) is 13.2. The maximum atomic E-state index is 5.73. The van der Waals surface area contributed by atoms with E-state index in [1.807, 2.05) is 0 Å². The zero-order valence-electron chi connectivity index (χ0n) is 12.3. The van der Waals surface area contributed by atoms with Crippen LogP contribution in [0.1, 0.15) is 68.6 Å². The van der Waals surface area contributed by atoms with E-state index >= 15 is 0 Å². The molecule has 0 aromatic heterocycles. The van der Waals surface area contributed by atoms with Gasteiger partial charge in [0, 0.05) is 0 Å². The van der Waals surface area contributed by atoms with Crippen LogP contribution in [0.4, 0.5) is 0 Å². The van der Waals surface area contributed by atoms with Crippen LogP contribution in [0, 0.1) is 0 Å². The van der Waals surface area contributed by atoms with Gasteiger partial charge in [0.1, 0.15) is 0 Å². The Morgan fingerprint density at radius 1 is 1.11 bits per heavy atom. The number of fused-ring (bicyclic) bond motifs is 1. The van der Waals surface area contributed by atoms with Gasteiger partial charge in [-0.25, -0.2) is 0 Å². The molecule has 1 heteroatoms. The van der Waals surface area contributed by atoms with Gasteiger partial charge in [-0.3, -0.25) is 0 Å². The lowest BCUT2D eigenvalue weighted by Crippen LogP contribution is -2.07. The third-order valence-electron chi connectivity index (χ3n) is 4.94. The number of rotatable bonds is 5. The molecule has 3 unspecified atom stereocenters. The normalized spacial score (nSPS) is 26.8. The lowest BCUT2D eigenvalue weighted by Gasteiger charge is -2.20. The van der Waals surface area contributed by atoms with Gasteiger partial charge in [0.25, 0.3) is 0 Å².